The van der Waals surface area contributed by atoms with Gasteiger partial charge >= 0.3 is 5.76 Å². The fourth-order valence-corrected chi connectivity index (χ4v) is 3.74. The van der Waals surface area contributed by atoms with Crippen molar-refractivity contribution >= 4 is 40.0 Å². The maximum Gasteiger partial charge on any atom is 0.439 e. The number of ketones is 1. The molecule has 0 aliphatic rings. The Hall–Kier alpha value is -3.10. The lowest BCUT2D eigenvalue weighted by Crippen LogP contribution is -2.20. The highest BCUT2D eigenvalue weighted by molar-refractivity contribution is 6.37. The Morgan fingerprint density at radius 1 is 1.19 bits per heavy atom. The molecular weight excluding hydrogens is 443 g/mol. The van der Waals surface area contributed by atoms with Crippen LogP contribution in [0.3, 0.4) is 0 Å². The van der Waals surface area contributed by atoms with Crippen molar-refractivity contribution in [1.29, 1.82) is 0 Å². The molecular formula is C21H18Cl2N4O4. The molecule has 4 aromatic rings. The molecule has 0 aliphatic heterocycles. The van der Waals surface area contributed by atoms with E-state index in [2.05, 4.69) is 45.0 Å². The Morgan fingerprint density at radius 2 is 1.90 bits per heavy atom. The molecule has 0 saturated heterocycles. The van der Waals surface area contributed by atoms with E-state index in [-0.39, 0.29) is 33.6 Å². The van der Waals surface area contributed by atoms with Crippen LogP contribution >= 0.6 is 23.2 Å². The normalized spacial score (nSPS) is 11.8. The second-order valence-corrected chi connectivity index (χ2v) is 8.78. The monoisotopic (exact) mass is 460 g/mol. The van der Waals surface area contributed by atoms with Gasteiger partial charge in [0.2, 0.25) is 11.6 Å². The zero-order chi connectivity index (χ0) is 22.3. The number of aromatic nitrogens is 4. The molecule has 0 saturated carbocycles. The second-order valence-electron chi connectivity index (χ2n) is 7.97. The maximum absolute atomic E-state index is 12.2. The van der Waals surface area contributed by atoms with Gasteiger partial charge in [0.1, 0.15) is 5.75 Å². The molecule has 0 aliphatic carbocycles. The standard InChI is InChI=1S/C21H18Cl2N4O4/c1-21(2,3)27-10-24-15-5-4-12(9-16(15)27)30-18-13(22)6-11(7-14(18)23)8-17(28)19-25-20(29)31-26-19/h4-7,9-10H,8H2,1-3H3,(H,25,26,29). The zero-order valence-electron chi connectivity index (χ0n) is 16.9. The number of hydrogen-bond donors (Lipinski definition) is 1. The second kappa shape index (κ2) is 7.86. The van der Waals surface area contributed by atoms with Gasteiger partial charge in [0, 0.05) is 18.0 Å². The van der Waals surface area contributed by atoms with Gasteiger partial charge in [-0.2, -0.15) is 0 Å². The Morgan fingerprint density at radius 3 is 2.52 bits per heavy atom. The van der Waals surface area contributed by atoms with Crippen LogP contribution in [-0.4, -0.2) is 25.5 Å². The van der Waals surface area contributed by atoms with Crippen LogP contribution in [0.5, 0.6) is 11.5 Å². The van der Waals surface area contributed by atoms with Crippen LogP contribution in [0.25, 0.3) is 11.0 Å². The van der Waals surface area contributed by atoms with Crippen molar-refractivity contribution < 1.29 is 14.1 Å². The summed E-state index contributed by atoms with van der Waals surface area (Å²) in [6.45, 7) is 6.26. The molecule has 8 nitrogen and oxygen atoms in total. The summed E-state index contributed by atoms with van der Waals surface area (Å²) in [5, 5.41) is 3.87. The molecule has 1 N–H and O–H groups in total. The van der Waals surface area contributed by atoms with Gasteiger partial charge in [-0.05, 0) is 50.6 Å². The van der Waals surface area contributed by atoms with Crippen LogP contribution < -0.4 is 10.5 Å². The van der Waals surface area contributed by atoms with Crippen LogP contribution in [0.15, 0.2) is 46.0 Å². The number of halogens is 2. The first-order valence-electron chi connectivity index (χ1n) is 9.34. The van der Waals surface area contributed by atoms with Gasteiger partial charge in [0.15, 0.2) is 5.75 Å². The molecule has 2 heterocycles. The molecule has 0 radical (unpaired) electrons. The quantitative estimate of drug-likeness (QED) is 0.420. The number of aromatic amines is 1. The largest absolute Gasteiger partial charge is 0.454 e. The summed E-state index contributed by atoms with van der Waals surface area (Å²) in [5.41, 5.74) is 2.16. The number of nitrogens with one attached hydrogen (secondary N) is 1. The third-order valence-corrected chi connectivity index (χ3v) is 5.15. The first kappa shape index (κ1) is 21.1. The summed E-state index contributed by atoms with van der Waals surface area (Å²) >= 11 is 12.8. The van der Waals surface area contributed by atoms with Gasteiger partial charge in [-0.1, -0.05) is 28.4 Å². The van der Waals surface area contributed by atoms with E-state index in [0.717, 1.165) is 11.0 Å². The number of carbonyl (C=O) groups is 1. The van der Waals surface area contributed by atoms with E-state index in [0.29, 0.717) is 11.3 Å². The molecule has 4 rings (SSSR count). The number of hydrogen-bond acceptors (Lipinski definition) is 6. The van der Waals surface area contributed by atoms with Crippen molar-refractivity contribution in [2.75, 3.05) is 0 Å². The molecule has 0 fully saturated rings. The molecule has 0 spiro atoms. The summed E-state index contributed by atoms with van der Waals surface area (Å²) in [6.07, 6.45) is 1.72. The highest BCUT2D eigenvalue weighted by Crippen LogP contribution is 2.38. The topological polar surface area (TPSA) is 103 Å². The van der Waals surface area contributed by atoms with Crippen LogP contribution in [0.2, 0.25) is 10.0 Å². The first-order chi connectivity index (χ1) is 14.6. The fraction of sp³-hybridized carbons (Fsp3) is 0.238. The van der Waals surface area contributed by atoms with Crippen molar-refractivity contribution in [3.8, 4) is 11.5 Å². The molecule has 2 aromatic carbocycles. The van der Waals surface area contributed by atoms with Gasteiger partial charge in [0.05, 0.1) is 27.4 Å². The van der Waals surface area contributed by atoms with Gasteiger partial charge in [-0.15, -0.1) is 0 Å². The third kappa shape index (κ3) is 4.35. The van der Waals surface area contributed by atoms with Crippen LogP contribution in [0.4, 0.5) is 0 Å². The highest BCUT2D eigenvalue weighted by Gasteiger charge is 2.19. The SMILES string of the molecule is CC(C)(C)n1cnc2ccc(Oc3c(Cl)cc(CC(=O)c4noc(=O)[nH]4)cc3Cl)cc21. The van der Waals surface area contributed by atoms with E-state index in [1.54, 1.807) is 24.5 Å². The number of imidazole rings is 1. The number of rotatable bonds is 5. The Labute approximate surface area is 186 Å². The van der Waals surface area contributed by atoms with E-state index < -0.39 is 11.5 Å². The number of carbonyl (C=O) groups excluding carboxylic acids is 1. The van der Waals surface area contributed by atoms with E-state index in [4.69, 9.17) is 27.9 Å². The number of nitrogens with zero attached hydrogens (tertiary/aromatic N) is 3. The smallest absolute Gasteiger partial charge is 0.439 e. The molecule has 0 atom stereocenters. The van der Waals surface area contributed by atoms with Gasteiger partial charge in [-0.25, -0.2) is 9.78 Å². The van der Waals surface area contributed by atoms with Crippen molar-refractivity contribution in [2.24, 2.45) is 0 Å². The number of Topliss-reactive ketones (excluding diaryl/α,β-unsaturated/α-hetero) is 1. The first-order valence-corrected chi connectivity index (χ1v) is 10.1. The van der Waals surface area contributed by atoms with Crippen molar-refractivity contribution in [3.05, 3.63) is 68.6 Å². The zero-order valence-corrected chi connectivity index (χ0v) is 18.4. The Kier molecular flexibility index (Phi) is 5.36. The predicted octanol–water partition coefficient (Wildman–Crippen LogP) is 4.99. The number of benzene rings is 2. The molecule has 0 bridgehead atoms. The lowest BCUT2D eigenvalue weighted by atomic mass is 10.1. The predicted molar refractivity (Wildman–Crippen MR) is 116 cm³/mol. The van der Waals surface area contributed by atoms with Gasteiger partial charge < -0.3 is 9.30 Å². The summed E-state index contributed by atoms with van der Waals surface area (Å²) in [7, 11) is 0. The van der Waals surface area contributed by atoms with Crippen LogP contribution in [0.1, 0.15) is 37.0 Å². The Balaban J connectivity index is 1.60. The molecule has 2 aromatic heterocycles. The van der Waals surface area contributed by atoms with E-state index in [1.807, 2.05) is 12.1 Å². The van der Waals surface area contributed by atoms with E-state index in [9.17, 15) is 9.59 Å². The maximum atomic E-state index is 12.2. The van der Waals surface area contributed by atoms with Crippen LogP contribution in [-0.2, 0) is 12.0 Å². The number of H-pyrrole nitrogens is 1. The molecule has 31 heavy (non-hydrogen) atoms. The van der Waals surface area contributed by atoms with E-state index >= 15 is 0 Å². The number of fused-ring (bicyclic) bond motifs is 1. The molecule has 160 valence electrons. The average Bonchev–Trinajstić information content (AvgIpc) is 3.30. The average molecular weight is 461 g/mol. The van der Waals surface area contributed by atoms with Gasteiger partial charge in [-0.3, -0.25) is 14.3 Å². The van der Waals surface area contributed by atoms with Crippen molar-refractivity contribution in [2.45, 2.75) is 32.7 Å². The lowest BCUT2D eigenvalue weighted by molar-refractivity contribution is 0.0980. The summed E-state index contributed by atoms with van der Waals surface area (Å²) in [5.74, 6) is -0.580. The highest BCUT2D eigenvalue weighted by atomic mass is 35.5. The van der Waals surface area contributed by atoms with Gasteiger partial charge in [0.25, 0.3) is 0 Å². The summed E-state index contributed by atoms with van der Waals surface area (Å²) in [4.78, 5) is 29.9. The van der Waals surface area contributed by atoms with Crippen molar-refractivity contribution in [1.82, 2.24) is 19.7 Å². The fourth-order valence-electron chi connectivity index (χ4n) is 3.13. The molecule has 0 unspecified atom stereocenters. The molecule has 0 amide bonds. The minimum atomic E-state index is -0.798. The van der Waals surface area contributed by atoms with Crippen molar-refractivity contribution in [3.63, 3.8) is 0 Å². The van der Waals surface area contributed by atoms with E-state index in [1.165, 1.54) is 0 Å². The summed E-state index contributed by atoms with van der Waals surface area (Å²) in [6, 6.07) is 8.68. The minimum absolute atomic E-state index is 0.0705. The van der Waals surface area contributed by atoms with Crippen LogP contribution in [0, 0.1) is 0 Å². The lowest BCUT2D eigenvalue weighted by Gasteiger charge is -2.21. The molecule has 10 heteroatoms. The Bertz CT molecular complexity index is 1320. The number of ether oxygens (including phenoxy) is 1. The summed E-state index contributed by atoms with van der Waals surface area (Å²) < 4.78 is 12.4. The third-order valence-electron chi connectivity index (χ3n) is 4.59. The minimum Gasteiger partial charge on any atom is -0.454 e.